The van der Waals surface area contributed by atoms with Crippen molar-refractivity contribution in [1.29, 1.82) is 0 Å². The normalized spacial score (nSPS) is 19.1. The van der Waals surface area contributed by atoms with Crippen molar-refractivity contribution >= 4 is 11.6 Å². The van der Waals surface area contributed by atoms with Crippen LogP contribution in [0.1, 0.15) is 23.5 Å². The molecule has 1 amide bonds. The number of carbonyl (C=O) groups excluding carboxylic acids is 1. The third-order valence-electron chi connectivity index (χ3n) is 5.79. The molecule has 1 aliphatic carbocycles. The zero-order valence-corrected chi connectivity index (χ0v) is 18.4. The maximum Gasteiger partial charge on any atom is 0.228 e. The van der Waals surface area contributed by atoms with E-state index in [0.29, 0.717) is 22.8 Å². The highest BCUT2D eigenvalue weighted by Gasteiger charge is 2.60. The maximum absolute atomic E-state index is 14.0. The van der Waals surface area contributed by atoms with E-state index in [0.717, 1.165) is 30.3 Å². The summed E-state index contributed by atoms with van der Waals surface area (Å²) in [6.45, 7) is 1.77. The Morgan fingerprint density at radius 1 is 1.12 bits per heavy atom. The molecule has 2 aromatic carbocycles. The van der Waals surface area contributed by atoms with Crippen LogP contribution in [0.3, 0.4) is 0 Å². The third kappa shape index (κ3) is 4.72. The number of halogens is 4. The molecular weight excluding hydrogens is 454 g/mol. The third-order valence-corrected chi connectivity index (χ3v) is 5.79. The Bertz CT molecular complexity index is 1240. The second kappa shape index (κ2) is 9.38. The van der Waals surface area contributed by atoms with E-state index < -0.39 is 40.5 Å². The van der Waals surface area contributed by atoms with Crippen molar-refractivity contribution < 1.29 is 31.8 Å². The van der Waals surface area contributed by atoms with E-state index in [2.05, 4.69) is 15.3 Å². The number of carbonyl (C=O) groups is 1. The summed E-state index contributed by atoms with van der Waals surface area (Å²) in [6, 6.07) is 6.06. The van der Waals surface area contributed by atoms with Gasteiger partial charge < -0.3 is 14.8 Å². The lowest BCUT2D eigenvalue weighted by Crippen LogP contribution is -2.27. The topological polar surface area (TPSA) is 73.3 Å². The van der Waals surface area contributed by atoms with Crippen molar-refractivity contribution in [3.05, 3.63) is 82.9 Å². The molecular formula is C24H21F4N3O3. The first-order chi connectivity index (χ1) is 16.2. The number of hydrogen-bond donors (Lipinski definition) is 1. The number of rotatable bonds is 8. The van der Waals surface area contributed by atoms with E-state index in [1.807, 2.05) is 0 Å². The molecule has 178 valence electrons. The summed E-state index contributed by atoms with van der Waals surface area (Å²) in [6.07, 6.45) is 1.68. The molecule has 0 aliphatic heterocycles. The van der Waals surface area contributed by atoms with Crippen LogP contribution in [0.15, 0.2) is 42.6 Å². The predicted molar refractivity (Wildman–Crippen MR) is 114 cm³/mol. The van der Waals surface area contributed by atoms with Crippen LogP contribution in [0.5, 0.6) is 5.75 Å². The Labute approximate surface area is 192 Å². The van der Waals surface area contributed by atoms with Gasteiger partial charge in [-0.25, -0.2) is 27.5 Å². The molecule has 0 spiro atoms. The van der Waals surface area contributed by atoms with Gasteiger partial charge in [0.1, 0.15) is 23.2 Å². The number of amides is 1. The van der Waals surface area contributed by atoms with Crippen LogP contribution in [0, 0.1) is 36.1 Å². The Morgan fingerprint density at radius 2 is 1.88 bits per heavy atom. The molecule has 0 unspecified atom stereocenters. The van der Waals surface area contributed by atoms with Crippen LogP contribution in [0.4, 0.5) is 23.2 Å². The van der Waals surface area contributed by atoms with Gasteiger partial charge in [-0.1, -0.05) is 6.07 Å². The fraction of sp³-hybridized carbons (Fsp3) is 0.292. The zero-order chi connectivity index (χ0) is 24.5. The van der Waals surface area contributed by atoms with Crippen molar-refractivity contribution in [1.82, 2.24) is 9.97 Å². The quantitative estimate of drug-likeness (QED) is 0.487. The SMILES string of the molecule is COCc1nc(C)ncc1OC[C@@]1(c2ccc(F)c(F)c2)C[C@H]1C(=O)Nc1cc(F)ccc1F. The number of hydrogen-bond acceptors (Lipinski definition) is 5. The van der Waals surface area contributed by atoms with Gasteiger partial charge in [-0.05, 0) is 43.2 Å². The Balaban J connectivity index is 1.61. The number of methoxy groups -OCH3 is 1. The highest BCUT2D eigenvalue weighted by atomic mass is 19.2. The fourth-order valence-electron chi connectivity index (χ4n) is 3.90. The number of nitrogens with one attached hydrogen (secondary N) is 1. The summed E-state index contributed by atoms with van der Waals surface area (Å²) in [5, 5.41) is 2.38. The number of aromatic nitrogens is 2. The van der Waals surface area contributed by atoms with Crippen LogP contribution < -0.4 is 10.1 Å². The lowest BCUT2D eigenvalue weighted by Gasteiger charge is -2.20. The van der Waals surface area contributed by atoms with Crippen LogP contribution >= 0.6 is 0 Å². The minimum atomic E-state index is -1.07. The summed E-state index contributed by atoms with van der Waals surface area (Å²) < 4.78 is 66.2. The molecule has 1 saturated carbocycles. The molecule has 2 atom stereocenters. The monoisotopic (exact) mass is 475 g/mol. The lowest BCUT2D eigenvalue weighted by molar-refractivity contribution is -0.117. The van der Waals surface area contributed by atoms with Gasteiger partial charge in [0.25, 0.3) is 0 Å². The minimum absolute atomic E-state index is 0.0923. The molecule has 1 fully saturated rings. The zero-order valence-electron chi connectivity index (χ0n) is 18.4. The molecule has 1 aromatic heterocycles. The molecule has 1 heterocycles. The molecule has 4 rings (SSSR count). The highest BCUT2D eigenvalue weighted by molar-refractivity contribution is 5.96. The smallest absolute Gasteiger partial charge is 0.228 e. The van der Waals surface area contributed by atoms with Gasteiger partial charge in [0.2, 0.25) is 5.91 Å². The average Bonchev–Trinajstić information content (AvgIpc) is 3.54. The second-order valence-electron chi connectivity index (χ2n) is 8.11. The van der Waals surface area contributed by atoms with E-state index in [1.54, 1.807) is 6.92 Å². The van der Waals surface area contributed by atoms with Crippen molar-refractivity contribution in [2.24, 2.45) is 5.92 Å². The number of benzene rings is 2. The first-order valence-corrected chi connectivity index (χ1v) is 10.4. The van der Waals surface area contributed by atoms with E-state index in [1.165, 1.54) is 19.4 Å². The van der Waals surface area contributed by atoms with Gasteiger partial charge in [-0.2, -0.15) is 0 Å². The van der Waals surface area contributed by atoms with Gasteiger partial charge in [0, 0.05) is 18.6 Å². The van der Waals surface area contributed by atoms with Gasteiger partial charge in [0.05, 0.1) is 31.0 Å². The number of ether oxygens (including phenoxy) is 2. The molecule has 1 aliphatic rings. The van der Waals surface area contributed by atoms with Crippen LogP contribution in [0.25, 0.3) is 0 Å². The number of nitrogens with zero attached hydrogens (tertiary/aromatic N) is 2. The molecule has 6 nitrogen and oxygen atoms in total. The summed E-state index contributed by atoms with van der Waals surface area (Å²) >= 11 is 0. The Hall–Kier alpha value is -3.53. The summed E-state index contributed by atoms with van der Waals surface area (Å²) in [5.41, 5.74) is -0.518. The van der Waals surface area contributed by atoms with Crippen molar-refractivity contribution in [3.8, 4) is 5.75 Å². The molecule has 0 saturated heterocycles. The largest absolute Gasteiger partial charge is 0.489 e. The molecule has 3 aromatic rings. The van der Waals surface area contributed by atoms with Gasteiger partial charge in [-0.15, -0.1) is 0 Å². The molecule has 0 radical (unpaired) electrons. The van der Waals surface area contributed by atoms with Crippen molar-refractivity contribution in [2.75, 3.05) is 19.0 Å². The van der Waals surface area contributed by atoms with E-state index in [4.69, 9.17) is 9.47 Å². The standard InChI is InChI=1S/C24H21F4N3O3/c1-13-29-10-22(21(30-13)11-33-2)34-12-24(14-3-5-17(26)19(28)7-14)9-16(24)23(32)31-20-8-15(25)4-6-18(20)27/h3-8,10,16H,9,11-12H2,1-2H3,(H,31,32)/t16-,24+/m0/s1. The van der Waals surface area contributed by atoms with Crippen LogP contribution in [-0.2, 0) is 21.6 Å². The Kier molecular flexibility index (Phi) is 6.52. The highest BCUT2D eigenvalue weighted by Crippen LogP contribution is 2.55. The number of anilines is 1. The van der Waals surface area contributed by atoms with Crippen LogP contribution in [0.2, 0.25) is 0 Å². The van der Waals surface area contributed by atoms with Crippen molar-refractivity contribution in [3.63, 3.8) is 0 Å². The predicted octanol–water partition coefficient (Wildman–Crippen LogP) is 4.46. The first kappa shape index (κ1) is 23.6. The van der Waals surface area contributed by atoms with E-state index >= 15 is 0 Å². The summed E-state index contributed by atoms with van der Waals surface area (Å²) in [7, 11) is 1.50. The van der Waals surface area contributed by atoms with Gasteiger partial charge in [-0.3, -0.25) is 4.79 Å². The summed E-state index contributed by atoms with van der Waals surface area (Å²) in [4.78, 5) is 21.3. The molecule has 10 heteroatoms. The number of aryl methyl sites for hydroxylation is 1. The average molecular weight is 475 g/mol. The van der Waals surface area contributed by atoms with Gasteiger partial charge in [0.15, 0.2) is 17.4 Å². The van der Waals surface area contributed by atoms with E-state index in [9.17, 15) is 22.4 Å². The van der Waals surface area contributed by atoms with Crippen LogP contribution in [-0.4, -0.2) is 29.6 Å². The molecule has 34 heavy (non-hydrogen) atoms. The maximum atomic E-state index is 14.0. The summed E-state index contributed by atoms with van der Waals surface area (Å²) in [5.74, 6) is -4.16. The van der Waals surface area contributed by atoms with E-state index in [-0.39, 0.29) is 25.3 Å². The first-order valence-electron chi connectivity index (χ1n) is 10.4. The Morgan fingerprint density at radius 3 is 2.62 bits per heavy atom. The molecule has 0 bridgehead atoms. The second-order valence-corrected chi connectivity index (χ2v) is 8.11. The lowest BCUT2D eigenvalue weighted by atomic mass is 9.93. The fourth-order valence-corrected chi connectivity index (χ4v) is 3.90. The molecule has 1 N–H and O–H groups in total. The van der Waals surface area contributed by atoms with Crippen molar-refractivity contribution in [2.45, 2.75) is 25.4 Å². The minimum Gasteiger partial charge on any atom is -0.489 e. The van der Waals surface area contributed by atoms with Gasteiger partial charge >= 0.3 is 0 Å².